The molecule has 0 aliphatic carbocycles. The molecule has 1 heterocycles. The molecule has 0 radical (unpaired) electrons. The zero-order chi connectivity index (χ0) is 12.3. The summed E-state index contributed by atoms with van der Waals surface area (Å²) in [6.45, 7) is 7.44. The molecule has 0 aliphatic heterocycles. The molecule has 90 valence electrons. The number of aliphatic hydroxyl groups is 1. The summed E-state index contributed by atoms with van der Waals surface area (Å²) >= 11 is 0. The smallest absolute Gasteiger partial charge is 0.242 e. The van der Waals surface area contributed by atoms with E-state index in [4.69, 9.17) is 0 Å². The third-order valence-electron chi connectivity index (χ3n) is 1.80. The number of nitrogens with one attached hydrogen (secondary N) is 1. The number of amides is 1. The van der Waals surface area contributed by atoms with Crippen LogP contribution in [0.5, 0.6) is 0 Å². The van der Waals surface area contributed by atoms with E-state index < -0.39 is 6.10 Å². The SMILES string of the molecule is CC(O)c1cn(CC(=O)NC(C)(C)C)nn1. The molecule has 0 saturated heterocycles. The van der Waals surface area contributed by atoms with Crippen molar-refractivity contribution < 1.29 is 9.90 Å². The van der Waals surface area contributed by atoms with E-state index in [0.29, 0.717) is 5.69 Å². The van der Waals surface area contributed by atoms with Gasteiger partial charge in [-0.3, -0.25) is 4.79 Å². The molecule has 1 rings (SSSR count). The second-order valence-corrected chi connectivity index (χ2v) is 4.82. The summed E-state index contributed by atoms with van der Waals surface area (Å²) < 4.78 is 1.41. The van der Waals surface area contributed by atoms with Crippen LogP contribution in [0.4, 0.5) is 0 Å². The van der Waals surface area contributed by atoms with Gasteiger partial charge in [-0.2, -0.15) is 0 Å². The van der Waals surface area contributed by atoms with Gasteiger partial charge >= 0.3 is 0 Å². The minimum Gasteiger partial charge on any atom is -0.387 e. The van der Waals surface area contributed by atoms with E-state index in [1.54, 1.807) is 13.1 Å². The Bertz CT molecular complexity index is 365. The van der Waals surface area contributed by atoms with E-state index in [2.05, 4.69) is 15.6 Å². The fraction of sp³-hybridized carbons (Fsp3) is 0.700. The molecule has 0 aromatic carbocycles. The molecule has 0 fully saturated rings. The molecule has 1 unspecified atom stereocenters. The minimum absolute atomic E-state index is 0.108. The first-order valence-corrected chi connectivity index (χ1v) is 5.17. The van der Waals surface area contributed by atoms with E-state index in [-0.39, 0.29) is 18.0 Å². The minimum atomic E-state index is -0.667. The normalized spacial score (nSPS) is 13.6. The second kappa shape index (κ2) is 4.61. The van der Waals surface area contributed by atoms with Gasteiger partial charge in [0.25, 0.3) is 0 Å². The summed E-state index contributed by atoms with van der Waals surface area (Å²) in [6, 6.07) is 0. The second-order valence-electron chi connectivity index (χ2n) is 4.82. The molecule has 1 aromatic rings. The lowest BCUT2D eigenvalue weighted by atomic mass is 10.1. The highest BCUT2D eigenvalue weighted by Crippen LogP contribution is 2.06. The third-order valence-corrected chi connectivity index (χ3v) is 1.80. The van der Waals surface area contributed by atoms with Crippen molar-refractivity contribution >= 4 is 5.91 Å². The van der Waals surface area contributed by atoms with Gasteiger partial charge in [0.05, 0.1) is 12.3 Å². The summed E-state index contributed by atoms with van der Waals surface area (Å²) in [5.74, 6) is -0.130. The van der Waals surface area contributed by atoms with Crippen LogP contribution in [-0.2, 0) is 11.3 Å². The van der Waals surface area contributed by atoms with Gasteiger partial charge in [-0.05, 0) is 27.7 Å². The van der Waals surface area contributed by atoms with Gasteiger partial charge in [0, 0.05) is 5.54 Å². The van der Waals surface area contributed by atoms with Crippen molar-refractivity contribution in [3.8, 4) is 0 Å². The highest BCUT2D eigenvalue weighted by molar-refractivity contribution is 5.76. The Balaban J connectivity index is 2.57. The molecule has 0 aliphatic rings. The number of carbonyl (C=O) groups is 1. The largest absolute Gasteiger partial charge is 0.387 e. The number of hydrogen-bond acceptors (Lipinski definition) is 4. The Labute approximate surface area is 94.7 Å². The Morgan fingerprint density at radius 1 is 1.62 bits per heavy atom. The molecule has 6 heteroatoms. The maximum absolute atomic E-state index is 11.5. The fourth-order valence-corrected chi connectivity index (χ4v) is 1.19. The quantitative estimate of drug-likeness (QED) is 0.774. The van der Waals surface area contributed by atoms with Crippen molar-refractivity contribution in [1.82, 2.24) is 20.3 Å². The van der Waals surface area contributed by atoms with Crippen LogP contribution in [0.25, 0.3) is 0 Å². The molecule has 1 atom stereocenters. The maximum Gasteiger partial charge on any atom is 0.242 e. The first kappa shape index (κ1) is 12.6. The van der Waals surface area contributed by atoms with Crippen LogP contribution in [0.2, 0.25) is 0 Å². The van der Waals surface area contributed by atoms with Gasteiger partial charge in [-0.25, -0.2) is 4.68 Å². The molecule has 0 bridgehead atoms. The van der Waals surface area contributed by atoms with E-state index in [9.17, 15) is 9.90 Å². The lowest BCUT2D eigenvalue weighted by Crippen LogP contribution is -2.42. The van der Waals surface area contributed by atoms with Crippen molar-refractivity contribution in [2.45, 2.75) is 45.9 Å². The number of aliphatic hydroxyl groups excluding tert-OH is 1. The fourth-order valence-electron chi connectivity index (χ4n) is 1.19. The van der Waals surface area contributed by atoms with Crippen molar-refractivity contribution in [3.05, 3.63) is 11.9 Å². The van der Waals surface area contributed by atoms with E-state index in [1.165, 1.54) is 4.68 Å². The zero-order valence-electron chi connectivity index (χ0n) is 10.1. The summed E-state index contributed by atoms with van der Waals surface area (Å²) in [6.07, 6.45) is 0.895. The highest BCUT2D eigenvalue weighted by Gasteiger charge is 2.15. The number of nitrogens with zero attached hydrogens (tertiary/aromatic N) is 3. The van der Waals surface area contributed by atoms with Crippen molar-refractivity contribution in [3.63, 3.8) is 0 Å². The van der Waals surface area contributed by atoms with Gasteiger partial charge in [-0.1, -0.05) is 5.21 Å². The molecule has 6 nitrogen and oxygen atoms in total. The van der Waals surface area contributed by atoms with E-state index >= 15 is 0 Å². The zero-order valence-corrected chi connectivity index (χ0v) is 10.1. The van der Waals surface area contributed by atoms with Crippen molar-refractivity contribution in [2.75, 3.05) is 0 Å². The number of carbonyl (C=O) groups excluding carboxylic acids is 1. The predicted molar refractivity (Wildman–Crippen MR) is 58.6 cm³/mol. The van der Waals surface area contributed by atoms with E-state index in [0.717, 1.165) is 0 Å². The molecule has 16 heavy (non-hydrogen) atoms. The average Bonchev–Trinajstić information content (AvgIpc) is 2.48. The van der Waals surface area contributed by atoms with Crippen LogP contribution in [0.3, 0.4) is 0 Å². The Morgan fingerprint density at radius 2 is 2.25 bits per heavy atom. The number of rotatable bonds is 3. The lowest BCUT2D eigenvalue weighted by molar-refractivity contribution is -0.123. The van der Waals surface area contributed by atoms with Crippen LogP contribution < -0.4 is 5.32 Å². The van der Waals surface area contributed by atoms with Gasteiger partial charge in [0.1, 0.15) is 12.2 Å². The van der Waals surface area contributed by atoms with Gasteiger partial charge in [-0.15, -0.1) is 5.10 Å². The van der Waals surface area contributed by atoms with Gasteiger partial charge in [0.15, 0.2) is 0 Å². The average molecular weight is 226 g/mol. The molecule has 0 spiro atoms. The number of hydrogen-bond donors (Lipinski definition) is 2. The van der Waals surface area contributed by atoms with Crippen LogP contribution in [0.1, 0.15) is 39.5 Å². The van der Waals surface area contributed by atoms with Crippen molar-refractivity contribution in [1.29, 1.82) is 0 Å². The number of aromatic nitrogens is 3. The topological polar surface area (TPSA) is 80.0 Å². The van der Waals surface area contributed by atoms with Crippen LogP contribution in [-0.4, -0.2) is 31.5 Å². The maximum atomic E-state index is 11.5. The van der Waals surface area contributed by atoms with E-state index in [1.807, 2.05) is 20.8 Å². The van der Waals surface area contributed by atoms with Crippen LogP contribution in [0.15, 0.2) is 6.20 Å². The third kappa shape index (κ3) is 3.98. The Kier molecular flexibility index (Phi) is 3.64. The predicted octanol–water partition coefficient (Wildman–Crippen LogP) is 0.246. The molecule has 2 N–H and O–H groups in total. The summed E-state index contributed by atoms with van der Waals surface area (Å²) in [4.78, 5) is 11.5. The van der Waals surface area contributed by atoms with Gasteiger partial charge in [0.2, 0.25) is 5.91 Å². The Morgan fingerprint density at radius 3 is 2.69 bits per heavy atom. The van der Waals surface area contributed by atoms with Crippen LogP contribution in [0, 0.1) is 0 Å². The first-order chi connectivity index (χ1) is 7.28. The summed E-state index contributed by atoms with van der Waals surface area (Å²) in [7, 11) is 0. The molecule has 1 amide bonds. The molecular formula is C10H18N4O2. The first-order valence-electron chi connectivity index (χ1n) is 5.17. The monoisotopic (exact) mass is 226 g/mol. The highest BCUT2D eigenvalue weighted by atomic mass is 16.3. The van der Waals surface area contributed by atoms with Crippen LogP contribution >= 0.6 is 0 Å². The van der Waals surface area contributed by atoms with Crippen molar-refractivity contribution in [2.24, 2.45) is 0 Å². The summed E-state index contributed by atoms with van der Waals surface area (Å²) in [5, 5.41) is 19.6. The van der Waals surface area contributed by atoms with Gasteiger partial charge < -0.3 is 10.4 Å². The molecule has 0 saturated carbocycles. The molecular weight excluding hydrogens is 208 g/mol. The Hall–Kier alpha value is -1.43. The lowest BCUT2D eigenvalue weighted by Gasteiger charge is -2.20. The standard InChI is InChI=1S/C10H18N4O2/c1-7(15)8-5-14(13-12-8)6-9(16)11-10(2,3)4/h5,7,15H,6H2,1-4H3,(H,11,16). The summed E-state index contributed by atoms with van der Waals surface area (Å²) in [5.41, 5.74) is 0.202. The molecule has 1 aromatic heterocycles.